The topological polar surface area (TPSA) is 74.8 Å². The van der Waals surface area contributed by atoms with Crippen molar-refractivity contribution in [3.63, 3.8) is 0 Å². The van der Waals surface area contributed by atoms with E-state index in [2.05, 4.69) is 15.3 Å². The third-order valence-electron chi connectivity index (χ3n) is 3.54. The lowest BCUT2D eigenvalue weighted by atomic mass is 10.2. The molecule has 1 amide bonds. The highest BCUT2D eigenvalue weighted by Crippen LogP contribution is 2.25. The van der Waals surface area contributed by atoms with Crippen LogP contribution in [0.3, 0.4) is 0 Å². The summed E-state index contributed by atoms with van der Waals surface area (Å²) in [6.45, 7) is 0. The van der Waals surface area contributed by atoms with E-state index in [9.17, 15) is 9.59 Å². The molecular formula is C19H15Cl2N3O2S. The lowest BCUT2D eigenvalue weighted by Crippen LogP contribution is -2.18. The molecule has 0 bridgehead atoms. The summed E-state index contributed by atoms with van der Waals surface area (Å²) >= 11 is 13.2. The largest absolute Gasteiger partial charge is 0.326 e. The van der Waals surface area contributed by atoms with Crippen molar-refractivity contribution in [3.8, 4) is 0 Å². The van der Waals surface area contributed by atoms with Gasteiger partial charge in [0.2, 0.25) is 5.91 Å². The van der Waals surface area contributed by atoms with Crippen LogP contribution < -0.4 is 10.9 Å². The van der Waals surface area contributed by atoms with Crippen molar-refractivity contribution in [2.24, 2.45) is 0 Å². The number of rotatable bonds is 6. The maximum atomic E-state index is 12.2. The number of aromatic amines is 1. The fourth-order valence-corrected chi connectivity index (χ4v) is 3.46. The van der Waals surface area contributed by atoms with Crippen LogP contribution in [0.4, 0.5) is 5.69 Å². The molecule has 0 atom stereocenters. The molecule has 3 aromatic rings. The average Bonchev–Trinajstić information content (AvgIpc) is 2.63. The monoisotopic (exact) mass is 419 g/mol. The highest BCUT2D eigenvalue weighted by molar-refractivity contribution is 7.98. The zero-order valence-corrected chi connectivity index (χ0v) is 16.4. The van der Waals surface area contributed by atoms with E-state index in [1.54, 1.807) is 18.2 Å². The number of hydrogen-bond donors (Lipinski definition) is 2. The second-order valence-corrected chi connectivity index (χ2v) is 7.45. The van der Waals surface area contributed by atoms with Crippen LogP contribution in [0, 0.1) is 0 Å². The molecule has 0 unspecified atom stereocenters. The molecule has 27 heavy (non-hydrogen) atoms. The van der Waals surface area contributed by atoms with Crippen LogP contribution in [0.15, 0.2) is 64.5 Å². The van der Waals surface area contributed by atoms with Crippen molar-refractivity contribution in [1.29, 1.82) is 0 Å². The SMILES string of the molecule is O=C(Cc1cc(=O)[nH]c(SCc2ccccc2)n1)Nc1ccc(Cl)c(Cl)c1. The Kier molecular flexibility index (Phi) is 6.55. The van der Waals surface area contributed by atoms with Crippen LogP contribution in [0.1, 0.15) is 11.3 Å². The molecule has 0 aliphatic heterocycles. The van der Waals surface area contributed by atoms with E-state index in [-0.39, 0.29) is 17.9 Å². The number of carbonyl (C=O) groups is 1. The lowest BCUT2D eigenvalue weighted by molar-refractivity contribution is -0.115. The molecule has 1 aromatic heterocycles. The first-order valence-electron chi connectivity index (χ1n) is 8.01. The summed E-state index contributed by atoms with van der Waals surface area (Å²) in [6, 6.07) is 16.0. The molecule has 0 saturated carbocycles. The number of carbonyl (C=O) groups excluding carboxylic acids is 1. The molecule has 1 heterocycles. The molecule has 2 aromatic carbocycles. The molecule has 0 aliphatic rings. The van der Waals surface area contributed by atoms with E-state index in [1.165, 1.54) is 17.8 Å². The van der Waals surface area contributed by atoms with Crippen LogP contribution in [0.2, 0.25) is 10.0 Å². The highest BCUT2D eigenvalue weighted by atomic mass is 35.5. The van der Waals surface area contributed by atoms with Gasteiger partial charge in [-0.1, -0.05) is 65.3 Å². The molecule has 0 fully saturated rings. The van der Waals surface area contributed by atoms with Gasteiger partial charge >= 0.3 is 0 Å². The van der Waals surface area contributed by atoms with Gasteiger partial charge in [0.15, 0.2) is 5.16 Å². The number of halogens is 2. The average molecular weight is 420 g/mol. The zero-order valence-electron chi connectivity index (χ0n) is 14.0. The van der Waals surface area contributed by atoms with Gasteiger partial charge < -0.3 is 10.3 Å². The van der Waals surface area contributed by atoms with Gasteiger partial charge in [-0.05, 0) is 23.8 Å². The van der Waals surface area contributed by atoms with E-state index in [1.807, 2.05) is 30.3 Å². The molecule has 0 spiro atoms. The van der Waals surface area contributed by atoms with Gasteiger partial charge in [0.05, 0.1) is 22.2 Å². The summed E-state index contributed by atoms with van der Waals surface area (Å²) in [7, 11) is 0. The molecule has 2 N–H and O–H groups in total. The van der Waals surface area contributed by atoms with Crippen molar-refractivity contribution in [2.75, 3.05) is 5.32 Å². The minimum atomic E-state index is -0.300. The van der Waals surface area contributed by atoms with Crippen molar-refractivity contribution < 1.29 is 4.79 Å². The third kappa shape index (κ3) is 5.85. The lowest BCUT2D eigenvalue weighted by Gasteiger charge is -2.07. The summed E-state index contributed by atoms with van der Waals surface area (Å²) in [5.74, 6) is 0.369. The van der Waals surface area contributed by atoms with Gasteiger partial charge in [-0.15, -0.1) is 0 Å². The smallest absolute Gasteiger partial charge is 0.251 e. The summed E-state index contributed by atoms with van der Waals surface area (Å²) < 4.78 is 0. The number of amides is 1. The van der Waals surface area contributed by atoms with E-state index in [0.717, 1.165) is 5.56 Å². The number of nitrogens with zero attached hydrogens (tertiary/aromatic N) is 1. The molecule has 8 heteroatoms. The number of thioether (sulfide) groups is 1. The summed E-state index contributed by atoms with van der Waals surface area (Å²) in [6.07, 6.45) is -0.0247. The van der Waals surface area contributed by atoms with Crippen molar-refractivity contribution >= 4 is 46.6 Å². The Bertz CT molecular complexity index is 1010. The Morgan fingerprint density at radius 2 is 1.85 bits per heavy atom. The fourth-order valence-electron chi connectivity index (χ4n) is 2.31. The first-order valence-corrected chi connectivity index (χ1v) is 9.75. The van der Waals surface area contributed by atoms with Crippen LogP contribution in [0.25, 0.3) is 0 Å². The number of nitrogens with one attached hydrogen (secondary N) is 2. The van der Waals surface area contributed by atoms with Crippen LogP contribution in [-0.4, -0.2) is 15.9 Å². The van der Waals surface area contributed by atoms with Gasteiger partial charge in [0, 0.05) is 17.5 Å². The maximum absolute atomic E-state index is 12.2. The minimum absolute atomic E-state index is 0.0247. The van der Waals surface area contributed by atoms with Crippen molar-refractivity contribution in [3.05, 3.63) is 86.3 Å². The third-order valence-corrected chi connectivity index (χ3v) is 5.22. The zero-order chi connectivity index (χ0) is 19.2. The number of H-pyrrole nitrogens is 1. The minimum Gasteiger partial charge on any atom is -0.326 e. The number of hydrogen-bond acceptors (Lipinski definition) is 4. The van der Waals surface area contributed by atoms with E-state index < -0.39 is 0 Å². The summed E-state index contributed by atoms with van der Waals surface area (Å²) in [5, 5.41) is 3.95. The van der Waals surface area contributed by atoms with Crippen LogP contribution >= 0.6 is 35.0 Å². The fraction of sp³-hybridized carbons (Fsp3) is 0.105. The molecule has 0 aliphatic carbocycles. The van der Waals surface area contributed by atoms with Gasteiger partial charge in [0.1, 0.15) is 0 Å². The predicted molar refractivity (Wildman–Crippen MR) is 110 cm³/mol. The van der Waals surface area contributed by atoms with E-state index in [0.29, 0.717) is 32.3 Å². The quantitative estimate of drug-likeness (QED) is 0.453. The Morgan fingerprint density at radius 1 is 1.07 bits per heavy atom. The van der Waals surface area contributed by atoms with Crippen molar-refractivity contribution in [1.82, 2.24) is 9.97 Å². The Hall–Kier alpha value is -2.28. The first-order chi connectivity index (χ1) is 13.0. The van der Waals surface area contributed by atoms with Gasteiger partial charge in [-0.3, -0.25) is 9.59 Å². The molecule has 3 rings (SSSR count). The predicted octanol–water partition coefficient (Wildman–Crippen LogP) is 4.55. The van der Waals surface area contributed by atoms with Crippen LogP contribution in [0.5, 0.6) is 0 Å². The van der Waals surface area contributed by atoms with Crippen LogP contribution in [-0.2, 0) is 17.0 Å². The molecule has 138 valence electrons. The number of benzene rings is 2. The second kappa shape index (κ2) is 9.08. The molecule has 5 nitrogen and oxygen atoms in total. The van der Waals surface area contributed by atoms with Crippen molar-refractivity contribution in [2.45, 2.75) is 17.3 Å². The summed E-state index contributed by atoms with van der Waals surface area (Å²) in [5.41, 5.74) is 1.75. The van der Waals surface area contributed by atoms with E-state index >= 15 is 0 Å². The molecule has 0 radical (unpaired) electrons. The Balaban J connectivity index is 1.65. The number of aromatic nitrogens is 2. The molecular weight excluding hydrogens is 405 g/mol. The van der Waals surface area contributed by atoms with Gasteiger partial charge in [0.25, 0.3) is 5.56 Å². The normalized spacial score (nSPS) is 10.6. The number of anilines is 1. The van der Waals surface area contributed by atoms with Gasteiger partial charge in [-0.2, -0.15) is 0 Å². The first kappa shape index (κ1) is 19.5. The Morgan fingerprint density at radius 3 is 2.59 bits per heavy atom. The van der Waals surface area contributed by atoms with E-state index in [4.69, 9.17) is 23.2 Å². The summed E-state index contributed by atoms with van der Waals surface area (Å²) in [4.78, 5) is 31.2. The standard InChI is InChI=1S/C19H15Cl2N3O2S/c20-15-7-6-13(8-16(15)21)22-17(25)9-14-10-18(26)24-19(23-14)27-11-12-4-2-1-3-5-12/h1-8,10H,9,11H2,(H,22,25)(H,23,24,26). The Labute approximate surface area is 170 Å². The van der Waals surface area contributed by atoms with Gasteiger partial charge in [-0.25, -0.2) is 4.98 Å². The maximum Gasteiger partial charge on any atom is 0.251 e. The second-order valence-electron chi connectivity index (χ2n) is 5.67. The highest BCUT2D eigenvalue weighted by Gasteiger charge is 2.09. The molecule has 0 saturated heterocycles.